The van der Waals surface area contributed by atoms with Gasteiger partial charge in [-0.3, -0.25) is 10.4 Å². The van der Waals surface area contributed by atoms with Crippen molar-refractivity contribution in [2.45, 2.75) is 57.9 Å². The van der Waals surface area contributed by atoms with Crippen LogP contribution in [0.4, 0.5) is 9.93 Å². The minimum Gasteiger partial charge on any atom is -0.317 e. The Hall–Kier alpha value is -1.96. The van der Waals surface area contributed by atoms with E-state index in [2.05, 4.69) is 32.6 Å². The van der Waals surface area contributed by atoms with Crippen LogP contribution in [0.5, 0.6) is 0 Å². The van der Waals surface area contributed by atoms with Crippen LogP contribution in [0.15, 0.2) is 12.4 Å². The number of piperidine rings is 1. The molecule has 24 heavy (non-hydrogen) atoms. The SMILES string of the molecule is CCCCCc1nnc(NC(=O)N2CCCC[C@H]2c2cn[nH]c2)s1. The van der Waals surface area contributed by atoms with Gasteiger partial charge in [0.15, 0.2) is 0 Å². The highest BCUT2D eigenvalue weighted by Crippen LogP contribution is 2.31. The number of H-pyrrole nitrogens is 1. The molecule has 1 fully saturated rings. The molecule has 1 saturated heterocycles. The predicted molar refractivity (Wildman–Crippen MR) is 94.0 cm³/mol. The van der Waals surface area contributed by atoms with Gasteiger partial charge in [0.05, 0.1) is 12.2 Å². The zero-order chi connectivity index (χ0) is 16.8. The van der Waals surface area contributed by atoms with Crippen LogP contribution in [0.25, 0.3) is 0 Å². The van der Waals surface area contributed by atoms with Gasteiger partial charge in [-0.2, -0.15) is 5.10 Å². The van der Waals surface area contributed by atoms with E-state index >= 15 is 0 Å². The maximum absolute atomic E-state index is 12.7. The van der Waals surface area contributed by atoms with E-state index in [1.807, 2.05) is 11.1 Å². The number of likely N-dealkylation sites (tertiary alicyclic amines) is 1. The van der Waals surface area contributed by atoms with Crippen LogP contribution >= 0.6 is 11.3 Å². The summed E-state index contributed by atoms with van der Waals surface area (Å²) in [6.07, 6.45) is 11.2. The topological polar surface area (TPSA) is 86.8 Å². The van der Waals surface area contributed by atoms with E-state index in [1.54, 1.807) is 6.20 Å². The fourth-order valence-corrected chi connectivity index (χ4v) is 3.83. The molecule has 2 amide bonds. The summed E-state index contributed by atoms with van der Waals surface area (Å²) >= 11 is 1.47. The Balaban J connectivity index is 1.61. The van der Waals surface area contributed by atoms with Gasteiger partial charge in [-0.1, -0.05) is 31.1 Å². The Bertz CT molecular complexity index is 641. The number of amides is 2. The van der Waals surface area contributed by atoms with Crippen LogP contribution in [0.2, 0.25) is 0 Å². The summed E-state index contributed by atoms with van der Waals surface area (Å²) in [5, 5.41) is 19.6. The second-order valence-corrected chi connectivity index (χ2v) is 7.19. The van der Waals surface area contributed by atoms with Gasteiger partial charge >= 0.3 is 6.03 Å². The zero-order valence-corrected chi connectivity index (χ0v) is 14.8. The number of aromatic amines is 1. The van der Waals surface area contributed by atoms with Crippen molar-refractivity contribution >= 4 is 22.5 Å². The molecule has 8 heteroatoms. The molecule has 0 saturated carbocycles. The monoisotopic (exact) mass is 348 g/mol. The van der Waals surface area contributed by atoms with Gasteiger partial charge in [-0.05, 0) is 25.7 Å². The third kappa shape index (κ3) is 4.11. The first-order chi connectivity index (χ1) is 11.8. The largest absolute Gasteiger partial charge is 0.324 e. The average molecular weight is 348 g/mol. The number of unbranched alkanes of at least 4 members (excludes halogenated alkanes) is 2. The van der Waals surface area contributed by atoms with Crippen LogP contribution in [0, 0.1) is 0 Å². The van der Waals surface area contributed by atoms with Gasteiger partial charge in [0.25, 0.3) is 0 Å². The Morgan fingerprint density at radius 3 is 3.12 bits per heavy atom. The molecular weight excluding hydrogens is 324 g/mol. The van der Waals surface area contributed by atoms with Gasteiger partial charge in [0.1, 0.15) is 5.01 Å². The molecule has 1 aliphatic rings. The molecular formula is C16H24N6OS. The molecule has 0 bridgehead atoms. The minimum atomic E-state index is -0.0999. The quantitative estimate of drug-likeness (QED) is 0.778. The Kier molecular flexibility index (Phi) is 5.79. The van der Waals surface area contributed by atoms with Crippen molar-refractivity contribution in [3.05, 3.63) is 23.0 Å². The van der Waals surface area contributed by atoms with E-state index in [9.17, 15) is 4.79 Å². The van der Waals surface area contributed by atoms with E-state index in [-0.39, 0.29) is 12.1 Å². The van der Waals surface area contributed by atoms with Crippen LogP contribution in [-0.4, -0.2) is 37.9 Å². The van der Waals surface area contributed by atoms with E-state index in [0.717, 1.165) is 49.2 Å². The summed E-state index contributed by atoms with van der Waals surface area (Å²) in [6, 6.07) is -0.0217. The van der Waals surface area contributed by atoms with Gasteiger partial charge in [0, 0.05) is 24.7 Å². The number of anilines is 1. The summed E-state index contributed by atoms with van der Waals surface area (Å²) in [6.45, 7) is 2.94. The van der Waals surface area contributed by atoms with E-state index < -0.39 is 0 Å². The number of nitrogens with one attached hydrogen (secondary N) is 2. The first-order valence-corrected chi connectivity index (χ1v) is 9.48. The summed E-state index contributed by atoms with van der Waals surface area (Å²) in [7, 11) is 0. The summed E-state index contributed by atoms with van der Waals surface area (Å²) in [4.78, 5) is 14.5. The van der Waals surface area contributed by atoms with Gasteiger partial charge in [0.2, 0.25) is 5.13 Å². The van der Waals surface area contributed by atoms with Crippen molar-refractivity contribution in [3.63, 3.8) is 0 Å². The predicted octanol–water partition coefficient (Wildman–Crippen LogP) is 3.75. The van der Waals surface area contributed by atoms with Crippen molar-refractivity contribution in [1.82, 2.24) is 25.3 Å². The molecule has 3 rings (SSSR count). The van der Waals surface area contributed by atoms with Crippen molar-refractivity contribution < 1.29 is 4.79 Å². The number of carbonyl (C=O) groups is 1. The normalized spacial score (nSPS) is 17.9. The lowest BCUT2D eigenvalue weighted by atomic mass is 9.98. The van der Waals surface area contributed by atoms with Gasteiger partial charge in [-0.15, -0.1) is 10.2 Å². The van der Waals surface area contributed by atoms with Crippen molar-refractivity contribution in [1.29, 1.82) is 0 Å². The van der Waals surface area contributed by atoms with Gasteiger partial charge < -0.3 is 4.90 Å². The number of aryl methyl sites for hydroxylation is 1. The van der Waals surface area contributed by atoms with Crippen molar-refractivity contribution in [2.24, 2.45) is 0 Å². The van der Waals surface area contributed by atoms with Crippen LogP contribution in [0.3, 0.4) is 0 Å². The lowest BCUT2D eigenvalue weighted by molar-refractivity contribution is 0.163. The molecule has 1 atom stereocenters. The minimum absolute atomic E-state index is 0.0782. The number of carbonyl (C=O) groups excluding carboxylic acids is 1. The third-order valence-corrected chi connectivity index (χ3v) is 5.24. The second kappa shape index (κ2) is 8.23. The van der Waals surface area contributed by atoms with E-state index in [1.165, 1.54) is 24.2 Å². The first-order valence-electron chi connectivity index (χ1n) is 8.66. The maximum atomic E-state index is 12.7. The van der Waals surface area contributed by atoms with Crippen LogP contribution < -0.4 is 5.32 Å². The third-order valence-electron chi connectivity index (χ3n) is 4.34. The zero-order valence-electron chi connectivity index (χ0n) is 14.0. The lowest BCUT2D eigenvalue weighted by Gasteiger charge is -2.34. The van der Waals surface area contributed by atoms with Gasteiger partial charge in [-0.25, -0.2) is 4.79 Å². The number of hydrogen-bond donors (Lipinski definition) is 2. The fraction of sp³-hybridized carbons (Fsp3) is 0.625. The standard InChI is InChI=1S/C16H24N6OS/c1-2-3-4-8-14-20-21-15(24-14)19-16(23)22-9-6-5-7-13(22)12-10-17-18-11-12/h10-11,13H,2-9H2,1H3,(H,17,18)(H,19,21,23)/t13-/m0/s1. The number of urea groups is 1. The van der Waals surface area contributed by atoms with E-state index in [4.69, 9.17) is 0 Å². The summed E-state index contributed by atoms with van der Waals surface area (Å²) < 4.78 is 0. The number of nitrogens with zero attached hydrogens (tertiary/aromatic N) is 4. The molecule has 0 aromatic carbocycles. The number of hydrogen-bond acceptors (Lipinski definition) is 5. The Morgan fingerprint density at radius 1 is 1.42 bits per heavy atom. The Labute approximate surface area is 145 Å². The smallest absolute Gasteiger partial charge is 0.317 e. The molecule has 0 unspecified atom stereocenters. The fourth-order valence-electron chi connectivity index (χ4n) is 3.06. The van der Waals surface area contributed by atoms with Crippen molar-refractivity contribution in [3.8, 4) is 0 Å². The number of rotatable bonds is 6. The summed E-state index contributed by atoms with van der Waals surface area (Å²) in [5.74, 6) is 0. The molecule has 2 aromatic heterocycles. The highest BCUT2D eigenvalue weighted by molar-refractivity contribution is 7.15. The van der Waals surface area contributed by atoms with E-state index in [0.29, 0.717) is 5.13 Å². The molecule has 130 valence electrons. The average Bonchev–Trinajstić information content (AvgIpc) is 3.27. The maximum Gasteiger partial charge on any atom is 0.324 e. The van der Waals surface area contributed by atoms with Crippen molar-refractivity contribution in [2.75, 3.05) is 11.9 Å². The van der Waals surface area contributed by atoms with Crippen LogP contribution in [0.1, 0.15) is 62.1 Å². The first kappa shape index (κ1) is 16.9. The highest BCUT2D eigenvalue weighted by Gasteiger charge is 2.29. The molecule has 0 spiro atoms. The molecule has 2 N–H and O–H groups in total. The lowest BCUT2D eigenvalue weighted by Crippen LogP contribution is -2.41. The Morgan fingerprint density at radius 2 is 2.33 bits per heavy atom. The molecule has 3 heterocycles. The molecule has 0 aliphatic carbocycles. The van der Waals surface area contributed by atoms with Crippen LogP contribution in [-0.2, 0) is 6.42 Å². The molecule has 0 radical (unpaired) electrons. The summed E-state index contributed by atoms with van der Waals surface area (Å²) in [5.41, 5.74) is 1.06. The highest BCUT2D eigenvalue weighted by atomic mass is 32.1. The molecule has 2 aromatic rings. The number of aromatic nitrogens is 4. The second-order valence-electron chi connectivity index (χ2n) is 6.12. The molecule has 7 nitrogen and oxygen atoms in total. The molecule has 1 aliphatic heterocycles.